The monoisotopic (exact) mass is 513 g/mol. The summed E-state index contributed by atoms with van der Waals surface area (Å²) in [7, 11) is -3.16. The van der Waals surface area contributed by atoms with Gasteiger partial charge in [-0.15, -0.1) is 0 Å². The van der Waals surface area contributed by atoms with Gasteiger partial charge >= 0.3 is 0 Å². The highest BCUT2D eigenvalue weighted by Crippen LogP contribution is 2.32. The summed E-state index contributed by atoms with van der Waals surface area (Å²) in [5, 5.41) is 8.10. The van der Waals surface area contributed by atoms with Gasteiger partial charge in [0.2, 0.25) is 5.91 Å². The molecular weight excluding hydrogens is 485 g/mol. The van der Waals surface area contributed by atoms with Gasteiger partial charge in [-0.1, -0.05) is 0 Å². The zero-order valence-corrected chi connectivity index (χ0v) is 20.9. The van der Waals surface area contributed by atoms with Gasteiger partial charge in [-0.3, -0.25) is 9.59 Å². The summed E-state index contributed by atoms with van der Waals surface area (Å²) in [4.78, 5) is 31.7. The number of rotatable bonds is 7. The maximum Gasteiger partial charge on any atom is 0.252 e. The number of nitrogens with zero attached hydrogens (tertiary/aromatic N) is 4. The molecule has 3 aromatic rings. The Hall–Kier alpha value is -3.34. The van der Waals surface area contributed by atoms with Crippen LogP contribution >= 0.6 is 0 Å². The van der Waals surface area contributed by atoms with Gasteiger partial charge in [-0.25, -0.2) is 22.5 Å². The highest BCUT2D eigenvalue weighted by Gasteiger charge is 2.32. The molecule has 1 N–H and O–H groups in total. The minimum absolute atomic E-state index is 0.0254. The summed E-state index contributed by atoms with van der Waals surface area (Å²) in [6.07, 6.45) is 2.52. The van der Waals surface area contributed by atoms with E-state index < -0.39 is 9.84 Å². The lowest BCUT2D eigenvalue weighted by Crippen LogP contribution is -2.30. The van der Waals surface area contributed by atoms with Crippen LogP contribution < -0.4 is 5.32 Å². The van der Waals surface area contributed by atoms with Gasteiger partial charge in [0.25, 0.3) is 5.91 Å². The third-order valence-corrected chi connectivity index (χ3v) is 8.59. The van der Waals surface area contributed by atoms with Gasteiger partial charge in [-0.05, 0) is 56.5 Å². The van der Waals surface area contributed by atoms with Crippen LogP contribution in [0, 0.1) is 12.7 Å². The van der Waals surface area contributed by atoms with Crippen molar-refractivity contribution in [3.8, 4) is 11.3 Å². The molecule has 0 radical (unpaired) electrons. The van der Waals surface area contributed by atoms with Gasteiger partial charge in [0.15, 0.2) is 15.5 Å². The Morgan fingerprint density at radius 2 is 2.03 bits per heavy atom. The zero-order valence-electron chi connectivity index (χ0n) is 20.0. The molecule has 1 aromatic carbocycles. The van der Waals surface area contributed by atoms with Crippen LogP contribution in [0.25, 0.3) is 22.3 Å². The van der Waals surface area contributed by atoms with E-state index in [1.54, 1.807) is 29.8 Å². The van der Waals surface area contributed by atoms with Crippen LogP contribution in [0.15, 0.2) is 30.3 Å². The van der Waals surface area contributed by atoms with Crippen molar-refractivity contribution >= 4 is 32.7 Å². The van der Waals surface area contributed by atoms with E-state index >= 15 is 0 Å². The van der Waals surface area contributed by atoms with Crippen LogP contribution in [0.2, 0.25) is 0 Å². The highest BCUT2D eigenvalue weighted by atomic mass is 32.2. The fourth-order valence-electron chi connectivity index (χ4n) is 4.99. The first-order valence-corrected chi connectivity index (χ1v) is 14.0. The number of hydrogen-bond donors (Lipinski definition) is 1. The van der Waals surface area contributed by atoms with Crippen LogP contribution in [-0.2, 0) is 14.6 Å². The number of benzene rings is 1. The first kappa shape index (κ1) is 24.4. The summed E-state index contributed by atoms with van der Waals surface area (Å²) in [6, 6.07) is 7.13. The molecule has 2 aliphatic heterocycles. The number of hydrogen-bond acceptors (Lipinski definition) is 6. The molecule has 36 heavy (non-hydrogen) atoms. The molecule has 4 heterocycles. The second-order valence-corrected chi connectivity index (χ2v) is 11.7. The largest absolute Gasteiger partial charge is 0.352 e. The molecule has 1 atom stereocenters. The third-order valence-electron chi connectivity index (χ3n) is 6.84. The summed E-state index contributed by atoms with van der Waals surface area (Å²) in [5.41, 5.74) is 2.49. The van der Waals surface area contributed by atoms with E-state index in [0.717, 1.165) is 13.0 Å². The standard InChI is InChI=1S/C25H28FN5O4S/c1-16-23-20(25(33)27-10-3-12-30-11-2-4-22(30)32)14-21(17-5-7-18(26)8-6-17)28-24(23)31(29-16)19-9-13-36(34,35)15-19/h5-8,14,19H,2-4,9-13,15H2,1H3,(H,27,33). The summed E-state index contributed by atoms with van der Waals surface area (Å²) >= 11 is 0. The zero-order chi connectivity index (χ0) is 25.4. The van der Waals surface area contributed by atoms with E-state index in [0.29, 0.717) is 65.9 Å². The number of carbonyl (C=O) groups excluding carboxylic acids is 2. The number of halogens is 1. The van der Waals surface area contributed by atoms with Crippen molar-refractivity contribution in [1.82, 2.24) is 25.0 Å². The molecule has 0 bridgehead atoms. The van der Waals surface area contributed by atoms with Gasteiger partial charge in [0, 0.05) is 31.6 Å². The third kappa shape index (κ3) is 4.84. The number of carbonyl (C=O) groups is 2. The van der Waals surface area contributed by atoms with Crippen molar-refractivity contribution in [3.05, 3.63) is 47.4 Å². The topological polar surface area (TPSA) is 114 Å². The number of pyridine rings is 1. The predicted octanol–water partition coefficient (Wildman–Crippen LogP) is 2.65. The Bertz CT molecular complexity index is 1430. The second kappa shape index (κ2) is 9.61. The van der Waals surface area contributed by atoms with Gasteiger partial charge < -0.3 is 10.2 Å². The smallest absolute Gasteiger partial charge is 0.252 e. The fraction of sp³-hybridized carbons (Fsp3) is 0.440. The van der Waals surface area contributed by atoms with Crippen molar-refractivity contribution in [2.45, 2.75) is 38.6 Å². The Kier molecular flexibility index (Phi) is 6.50. The van der Waals surface area contributed by atoms with Crippen LogP contribution in [0.1, 0.15) is 47.8 Å². The molecule has 0 spiro atoms. The molecular formula is C25H28FN5O4S. The number of sulfone groups is 1. The van der Waals surface area contributed by atoms with Crippen LogP contribution in [0.4, 0.5) is 4.39 Å². The molecule has 11 heteroatoms. The summed E-state index contributed by atoms with van der Waals surface area (Å²) in [6.45, 7) is 3.52. The molecule has 190 valence electrons. The number of amides is 2. The molecule has 5 rings (SSSR count). The number of aryl methyl sites for hydroxylation is 1. The lowest BCUT2D eigenvalue weighted by molar-refractivity contribution is -0.127. The molecule has 2 saturated heterocycles. The van der Waals surface area contributed by atoms with Crippen LogP contribution in [0.5, 0.6) is 0 Å². The average molecular weight is 514 g/mol. The van der Waals surface area contributed by atoms with E-state index in [1.165, 1.54) is 12.1 Å². The van der Waals surface area contributed by atoms with Crippen molar-refractivity contribution in [3.63, 3.8) is 0 Å². The van der Waals surface area contributed by atoms with E-state index in [4.69, 9.17) is 4.98 Å². The van der Waals surface area contributed by atoms with Crippen molar-refractivity contribution in [2.24, 2.45) is 0 Å². The Morgan fingerprint density at radius 3 is 2.69 bits per heavy atom. The molecule has 0 saturated carbocycles. The molecule has 9 nitrogen and oxygen atoms in total. The van der Waals surface area contributed by atoms with E-state index in [1.807, 2.05) is 4.90 Å². The second-order valence-electron chi connectivity index (χ2n) is 9.44. The normalized spacial score (nSPS) is 19.3. The van der Waals surface area contributed by atoms with Crippen molar-refractivity contribution in [1.29, 1.82) is 0 Å². The van der Waals surface area contributed by atoms with Crippen molar-refractivity contribution in [2.75, 3.05) is 31.1 Å². The lowest BCUT2D eigenvalue weighted by atomic mass is 10.0. The lowest BCUT2D eigenvalue weighted by Gasteiger charge is -2.15. The van der Waals surface area contributed by atoms with Crippen LogP contribution in [-0.4, -0.2) is 71.0 Å². The minimum atomic E-state index is -3.16. The maximum absolute atomic E-state index is 13.5. The van der Waals surface area contributed by atoms with Crippen molar-refractivity contribution < 1.29 is 22.4 Å². The average Bonchev–Trinajstić information content (AvgIpc) is 3.53. The van der Waals surface area contributed by atoms with Gasteiger partial charge in [-0.2, -0.15) is 5.10 Å². The number of fused-ring (bicyclic) bond motifs is 1. The predicted molar refractivity (Wildman–Crippen MR) is 133 cm³/mol. The Morgan fingerprint density at radius 1 is 1.25 bits per heavy atom. The molecule has 2 amide bonds. The Labute approximate surface area is 208 Å². The molecule has 0 aliphatic carbocycles. The van der Waals surface area contributed by atoms with E-state index in [-0.39, 0.29) is 35.2 Å². The summed E-state index contributed by atoms with van der Waals surface area (Å²) < 4.78 is 39.4. The first-order chi connectivity index (χ1) is 17.2. The summed E-state index contributed by atoms with van der Waals surface area (Å²) in [5.74, 6) is -0.477. The molecule has 2 aliphatic rings. The SMILES string of the molecule is Cc1nn(C2CCS(=O)(=O)C2)c2nc(-c3ccc(F)cc3)cc(C(=O)NCCCN3CCCC3=O)c12. The minimum Gasteiger partial charge on any atom is -0.352 e. The Balaban J connectivity index is 1.48. The highest BCUT2D eigenvalue weighted by molar-refractivity contribution is 7.91. The molecule has 1 unspecified atom stereocenters. The van der Waals surface area contributed by atoms with Crippen LogP contribution in [0.3, 0.4) is 0 Å². The van der Waals surface area contributed by atoms with E-state index in [9.17, 15) is 22.4 Å². The molecule has 2 fully saturated rings. The number of nitrogens with one attached hydrogen (secondary N) is 1. The first-order valence-electron chi connectivity index (χ1n) is 12.1. The van der Waals surface area contributed by atoms with Gasteiger partial charge in [0.05, 0.1) is 39.9 Å². The quantitative estimate of drug-likeness (QED) is 0.486. The fourth-order valence-corrected chi connectivity index (χ4v) is 6.68. The number of likely N-dealkylation sites (tertiary alicyclic amines) is 1. The molecule has 2 aromatic heterocycles. The number of aromatic nitrogens is 3. The maximum atomic E-state index is 13.5. The van der Waals surface area contributed by atoms with Gasteiger partial charge in [0.1, 0.15) is 5.82 Å². The van der Waals surface area contributed by atoms with E-state index in [2.05, 4.69) is 10.4 Å².